The second kappa shape index (κ2) is 8.62. The van der Waals surface area contributed by atoms with E-state index in [2.05, 4.69) is 22.6 Å². The van der Waals surface area contributed by atoms with Crippen molar-refractivity contribution in [2.45, 2.75) is 25.9 Å². The molecule has 0 radical (unpaired) electrons. The summed E-state index contributed by atoms with van der Waals surface area (Å²) in [5, 5.41) is 0. The van der Waals surface area contributed by atoms with Crippen LogP contribution in [0.15, 0.2) is 39.5 Å². The molecular formula is C18H21IO5. The average Bonchev–Trinajstić information content (AvgIpc) is 3.07. The van der Waals surface area contributed by atoms with Gasteiger partial charge in [-0.05, 0) is 53.0 Å². The molecule has 2 rings (SSSR count). The smallest absolute Gasteiger partial charge is 0.327 e. The van der Waals surface area contributed by atoms with Crippen LogP contribution in [0.1, 0.15) is 24.8 Å². The fourth-order valence-corrected chi connectivity index (χ4v) is 4.01. The van der Waals surface area contributed by atoms with Crippen LogP contribution in [0.25, 0.3) is 0 Å². The number of hydrogen-bond donors (Lipinski definition) is 0. The molecule has 0 amide bonds. The molecule has 1 aliphatic rings. The van der Waals surface area contributed by atoms with E-state index < -0.39 is 17.4 Å². The number of ether oxygens (including phenoxy) is 3. The molecule has 0 spiro atoms. The molecule has 1 saturated carbocycles. The Hall–Kier alpha value is -1.41. The normalized spacial score (nSPS) is 18.1. The van der Waals surface area contributed by atoms with Crippen molar-refractivity contribution >= 4 is 34.5 Å². The molecule has 0 unspecified atom stereocenters. The lowest BCUT2D eigenvalue weighted by molar-refractivity contribution is -0.165. The second-order valence-electron chi connectivity index (χ2n) is 5.60. The number of carbonyl (C=O) groups excluding carboxylic acids is 2. The molecule has 0 aliphatic heterocycles. The second-order valence-corrected chi connectivity index (χ2v) is 6.91. The maximum Gasteiger partial charge on any atom is 0.327 e. The first-order valence-corrected chi connectivity index (χ1v) is 8.80. The monoisotopic (exact) mass is 444 g/mol. The van der Waals surface area contributed by atoms with Crippen LogP contribution in [0, 0.1) is 5.41 Å². The van der Waals surface area contributed by atoms with E-state index in [0.29, 0.717) is 26.1 Å². The van der Waals surface area contributed by atoms with Gasteiger partial charge < -0.3 is 14.2 Å². The van der Waals surface area contributed by atoms with Gasteiger partial charge in [0.1, 0.15) is 0 Å². The summed E-state index contributed by atoms with van der Waals surface area (Å²) in [5.41, 5.74) is 0.510. The minimum atomic E-state index is -1.32. The van der Waals surface area contributed by atoms with Crippen LogP contribution in [0.2, 0.25) is 0 Å². The van der Waals surface area contributed by atoms with E-state index in [1.54, 1.807) is 0 Å². The van der Waals surface area contributed by atoms with Crippen LogP contribution in [-0.4, -0.2) is 32.8 Å². The summed E-state index contributed by atoms with van der Waals surface area (Å²) in [7, 11) is 2.59. The predicted octanol–water partition coefficient (Wildman–Crippen LogP) is 3.41. The maximum atomic E-state index is 12.3. The van der Waals surface area contributed by atoms with Gasteiger partial charge in [0.25, 0.3) is 0 Å². The zero-order valence-electron chi connectivity index (χ0n) is 13.8. The van der Waals surface area contributed by atoms with Gasteiger partial charge in [0, 0.05) is 3.58 Å². The fraction of sp³-hybridized carbons (Fsp3) is 0.444. The van der Waals surface area contributed by atoms with Gasteiger partial charge in [-0.1, -0.05) is 30.3 Å². The summed E-state index contributed by atoms with van der Waals surface area (Å²) in [6, 6.07) is 9.84. The van der Waals surface area contributed by atoms with Gasteiger partial charge in [0.2, 0.25) is 0 Å². The Morgan fingerprint density at radius 2 is 1.75 bits per heavy atom. The lowest BCUT2D eigenvalue weighted by Gasteiger charge is -2.26. The molecule has 1 aromatic carbocycles. The molecule has 6 heteroatoms. The van der Waals surface area contributed by atoms with Crippen LogP contribution < -0.4 is 0 Å². The molecule has 0 N–H and O–H groups in total. The van der Waals surface area contributed by atoms with Crippen molar-refractivity contribution in [1.29, 1.82) is 0 Å². The van der Waals surface area contributed by atoms with Gasteiger partial charge >= 0.3 is 11.9 Å². The lowest BCUT2D eigenvalue weighted by atomic mass is 9.82. The molecule has 0 bridgehead atoms. The SMILES string of the molecule is COC(=O)C1(C(=O)OC)CCC/C1=C(\I)COCc1ccccc1. The van der Waals surface area contributed by atoms with Crippen molar-refractivity contribution in [1.82, 2.24) is 0 Å². The number of hydrogen-bond acceptors (Lipinski definition) is 5. The number of rotatable bonds is 6. The number of methoxy groups -OCH3 is 2. The van der Waals surface area contributed by atoms with Gasteiger partial charge in [-0.25, -0.2) is 0 Å². The standard InChI is InChI=1S/C18H21IO5/c1-22-16(20)18(17(21)23-2)10-6-9-14(18)15(19)12-24-11-13-7-4-3-5-8-13/h3-5,7-8H,6,9-12H2,1-2H3/b15-14+. The summed E-state index contributed by atoms with van der Waals surface area (Å²) in [5.74, 6) is -1.11. The summed E-state index contributed by atoms with van der Waals surface area (Å²) in [6.45, 7) is 0.824. The predicted molar refractivity (Wildman–Crippen MR) is 97.5 cm³/mol. The first kappa shape index (κ1) is 18.9. The summed E-state index contributed by atoms with van der Waals surface area (Å²) in [4.78, 5) is 24.7. The Labute approximate surface area is 155 Å². The molecule has 0 aromatic heterocycles. The fourth-order valence-electron chi connectivity index (χ4n) is 3.06. The minimum Gasteiger partial charge on any atom is -0.468 e. The van der Waals surface area contributed by atoms with Crippen LogP contribution in [0.4, 0.5) is 0 Å². The van der Waals surface area contributed by atoms with Crippen LogP contribution in [0.5, 0.6) is 0 Å². The quantitative estimate of drug-likeness (QED) is 0.383. The molecule has 0 heterocycles. The molecule has 130 valence electrons. The average molecular weight is 444 g/mol. The molecular weight excluding hydrogens is 423 g/mol. The highest BCUT2D eigenvalue weighted by Crippen LogP contribution is 2.47. The highest BCUT2D eigenvalue weighted by molar-refractivity contribution is 14.1. The summed E-state index contributed by atoms with van der Waals surface area (Å²) < 4.78 is 16.4. The van der Waals surface area contributed by atoms with E-state index in [0.717, 1.165) is 21.1 Å². The van der Waals surface area contributed by atoms with Crippen LogP contribution in [0.3, 0.4) is 0 Å². The summed E-state index contributed by atoms with van der Waals surface area (Å²) >= 11 is 2.15. The van der Waals surface area contributed by atoms with E-state index >= 15 is 0 Å². The van der Waals surface area contributed by atoms with Gasteiger partial charge in [0.15, 0.2) is 5.41 Å². The molecule has 1 fully saturated rings. The largest absolute Gasteiger partial charge is 0.468 e. The van der Waals surface area contributed by atoms with Gasteiger partial charge in [-0.3, -0.25) is 9.59 Å². The van der Waals surface area contributed by atoms with Crippen LogP contribution in [-0.2, 0) is 30.4 Å². The highest BCUT2D eigenvalue weighted by atomic mass is 127. The minimum absolute atomic E-state index is 0.348. The maximum absolute atomic E-state index is 12.3. The van der Waals surface area contributed by atoms with E-state index in [1.807, 2.05) is 30.3 Å². The van der Waals surface area contributed by atoms with E-state index in [9.17, 15) is 9.59 Å². The zero-order valence-corrected chi connectivity index (χ0v) is 16.0. The van der Waals surface area contributed by atoms with Gasteiger partial charge in [-0.2, -0.15) is 0 Å². The van der Waals surface area contributed by atoms with Crippen LogP contribution >= 0.6 is 22.6 Å². The Balaban J connectivity index is 2.17. The highest BCUT2D eigenvalue weighted by Gasteiger charge is 2.54. The van der Waals surface area contributed by atoms with Crippen molar-refractivity contribution in [3.05, 3.63) is 45.0 Å². The third kappa shape index (κ3) is 3.80. The van der Waals surface area contributed by atoms with E-state index in [4.69, 9.17) is 14.2 Å². The van der Waals surface area contributed by atoms with E-state index in [1.165, 1.54) is 14.2 Å². The molecule has 1 aromatic rings. The lowest BCUT2D eigenvalue weighted by Crippen LogP contribution is -2.40. The first-order chi connectivity index (χ1) is 11.6. The first-order valence-electron chi connectivity index (χ1n) is 7.72. The Morgan fingerprint density at radius 3 is 2.33 bits per heavy atom. The third-order valence-corrected chi connectivity index (χ3v) is 5.19. The van der Waals surface area contributed by atoms with Crippen molar-refractivity contribution in [3.8, 4) is 0 Å². The number of carbonyl (C=O) groups is 2. The molecule has 5 nitrogen and oxygen atoms in total. The van der Waals surface area contributed by atoms with Crippen molar-refractivity contribution in [2.75, 3.05) is 20.8 Å². The third-order valence-electron chi connectivity index (χ3n) is 4.23. The Kier molecular flexibility index (Phi) is 6.79. The summed E-state index contributed by atoms with van der Waals surface area (Å²) in [6.07, 6.45) is 1.81. The zero-order chi connectivity index (χ0) is 17.6. The van der Waals surface area contributed by atoms with Gasteiger partial charge in [-0.15, -0.1) is 0 Å². The number of benzene rings is 1. The van der Waals surface area contributed by atoms with Gasteiger partial charge in [0.05, 0.1) is 27.4 Å². The molecule has 0 saturated heterocycles. The Bertz CT molecular complexity index is 608. The number of halogens is 1. The number of esters is 2. The van der Waals surface area contributed by atoms with Crippen molar-refractivity contribution in [3.63, 3.8) is 0 Å². The Morgan fingerprint density at radius 1 is 1.12 bits per heavy atom. The van der Waals surface area contributed by atoms with Crippen molar-refractivity contribution < 1.29 is 23.8 Å². The van der Waals surface area contributed by atoms with Crippen molar-refractivity contribution in [2.24, 2.45) is 5.41 Å². The molecule has 1 aliphatic carbocycles. The topological polar surface area (TPSA) is 61.8 Å². The van der Waals surface area contributed by atoms with E-state index in [-0.39, 0.29) is 0 Å². The molecule has 24 heavy (non-hydrogen) atoms. The molecule has 0 atom stereocenters.